The van der Waals surface area contributed by atoms with E-state index in [1.54, 1.807) is 6.07 Å². The number of aryl methyl sites for hydroxylation is 1. The fraction of sp³-hybridized carbons (Fsp3) is 0.611. The third kappa shape index (κ3) is 8.19. The van der Waals surface area contributed by atoms with Gasteiger partial charge in [0.25, 0.3) is 6.08 Å². The summed E-state index contributed by atoms with van der Waals surface area (Å²) in [6, 6.07) is 9.45. The number of rotatable bonds is 9. The molecule has 3 aliphatic carbocycles. The summed E-state index contributed by atoms with van der Waals surface area (Å²) in [6.07, 6.45) is 6.12. The van der Waals surface area contributed by atoms with Crippen molar-refractivity contribution < 1.29 is 31.1 Å². The van der Waals surface area contributed by atoms with Crippen LogP contribution in [0, 0.1) is 35.3 Å². The molecule has 7 heteroatoms. The first-order chi connectivity index (χ1) is 20.6. The van der Waals surface area contributed by atoms with Crippen molar-refractivity contribution in [3.8, 4) is 5.75 Å². The number of hydrogen-bond donors (Lipinski definition) is 0. The average Bonchev–Trinajstić information content (AvgIpc) is 2.98. The van der Waals surface area contributed by atoms with Crippen LogP contribution in [0.5, 0.6) is 5.75 Å². The van der Waals surface area contributed by atoms with E-state index >= 15 is 13.2 Å². The summed E-state index contributed by atoms with van der Waals surface area (Å²) in [5.74, 6) is 0.307. The Morgan fingerprint density at radius 2 is 1.40 bits per heavy atom. The van der Waals surface area contributed by atoms with Gasteiger partial charge in [-0.1, -0.05) is 38.0 Å². The van der Waals surface area contributed by atoms with E-state index in [1.165, 1.54) is 25.0 Å². The molecule has 0 aliphatic heterocycles. The molecule has 5 rings (SSSR count). The van der Waals surface area contributed by atoms with Gasteiger partial charge in [0.15, 0.2) is 0 Å². The van der Waals surface area contributed by atoms with Crippen LogP contribution in [0.2, 0.25) is 0 Å². The molecule has 236 valence electrons. The summed E-state index contributed by atoms with van der Waals surface area (Å²) in [4.78, 5) is 0. The Balaban J connectivity index is 1.08. The number of benzene rings is 2. The van der Waals surface area contributed by atoms with E-state index in [9.17, 15) is 13.2 Å². The summed E-state index contributed by atoms with van der Waals surface area (Å²) in [5, 5.41) is 0. The van der Waals surface area contributed by atoms with Gasteiger partial charge in [-0.3, -0.25) is 0 Å². The maximum absolute atomic E-state index is 15.2. The molecule has 0 heterocycles. The van der Waals surface area contributed by atoms with Gasteiger partial charge in [0.05, 0.1) is 5.92 Å². The lowest BCUT2D eigenvalue weighted by molar-refractivity contribution is -0.224. The molecule has 3 aliphatic rings. The molecule has 0 atom stereocenters. The van der Waals surface area contributed by atoms with E-state index in [2.05, 4.69) is 13.0 Å². The van der Waals surface area contributed by atoms with E-state index in [1.807, 2.05) is 6.07 Å². The topological polar surface area (TPSA) is 9.23 Å². The molecule has 2 aromatic rings. The molecule has 0 bridgehead atoms. The van der Waals surface area contributed by atoms with Crippen molar-refractivity contribution in [1.82, 2.24) is 0 Å². The molecule has 2 aromatic carbocycles. The van der Waals surface area contributed by atoms with Crippen LogP contribution >= 0.6 is 0 Å². The molecular weight excluding hydrogens is 562 g/mol. The molecule has 0 radical (unpaired) electrons. The van der Waals surface area contributed by atoms with Gasteiger partial charge in [0.1, 0.15) is 17.4 Å². The second kappa shape index (κ2) is 14.1. The number of ether oxygens (including phenoxy) is 1. The second-order valence-corrected chi connectivity index (χ2v) is 13.4. The van der Waals surface area contributed by atoms with E-state index in [0.29, 0.717) is 49.5 Å². The molecule has 0 saturated heterocycles. The predicted molar refractivity (Wildman–Crippen MR) is 158 cm³/mol. The maximum atomic E-state index is 15.2. The summed E-state index contributed by atoms with van der Waals surface area (Å²) in [6.45, 7) is 2.29. The van der Waals surface area contributed by atoms with Crippen LogP contribution < -0.4 is 4.74 Å². The van der Waals surface area contributed by atoms with Gasteiger partial charge < -0.3 is 4.74 Å². The fourth-order valence-corrected chi connectivity index (χ4v) is 7.92. The SMILES string of the molecule is CC1CCC(c2ccc(C3CCC(C4CCC(C(F)(F)Oc5ccc(CCC=C(F)F)c(F)c5)CC4)CC3)c(F)c2)CC1. The van der Waals surface area contributed by atoms with Gasteiger partial charge in [-0.25, -0.2) is 8.78 Å². The number of allylic oxidation sites excluding steroid dienone is 1. The molecule has 0 spiro atoms. The summed E-state index contributed by atoms with van der Waals surface area (Å²) < 4.78 is 89.1. The highest BCUT2D eigenvalue weighted by molar-refractivity contribution is 5.31. The Morgan fingerprint density at radius 1 is 0.767 bits per heavy atom. The zero-order valence-electron chi connectivity index (χ0n) is 25.1. The van der Waals surface area contributed by atoms with Crippen molar-refractivity contribution in [2.75, 3.05) is 0 Å². The molecule has 0 unspecified atom stereocenters. The fourth-order valence-electron chi connectivity index (χ4n) is 7.92. The number of hydrogen-bond acceptors (Lipinski definition) is 1. The Kier molecular flexibility index (Phi) is 10.5. The van der Waals surface area contributed by atoms with Gasteiger partial charge in [0.2, 0.25) is 0 Å². The zero-order chi connectivity index (χ0) is 30.6. The predicted octanol–water partition coefficient (Wildman–Crippen LogP) is 11.7. The zero-order valence-corrected chi connectivity index (χ0v) is 25.1. The van der Waals surface area contributed by atoms with E-state index in [4.69, 9.17) is 4.74 Å². The lowest BCUT2D eigenvalue weighted by Gasteiger charge is -2.39. The maximum Gasteiger partial charge on any atom is 0.400 e. The van der Waals surface area contributed by atoms with Gasteiger partial charge in [-0.15, -0.1) is 0 Å². The molecule has 0 amide bonds. The summed E-state index contributed by atoms with van der Waals surface area (Å²) >= 11 is 0. The Hall–Kier alpha value is -2.44. The van der Waals surface area contributed by atoms with Crippen molar-refractivity contribution in [3.63, 3.8) is 0 Å². The van der Waals surface area contributed by atoms with Crippen LogP contribution in [0.25, 0.3) is 0 Å². The third-order valence-corrected chi connectivity index (χ3v) is 10.6. The standard InChI is InChI=1S/C36H44F6O/c1-23-5-7-26(8-6-23)29-16-20-32(34(38)21-29)27-11-9-24(10-12-27)25-13-17-30(18-14-25)36(41,42)43-31-19-15-28(33(37)22-31)3-2-4-35(39)40/h4,15-16,19-27,30H,2-3,5-14,17-18H2,1H3. The van der Waals surface area contributed by atoms with E-state index in [0.717, 1.165) is 61.6 Å². The molecule has 1 nitrogen and oxygen atoms in total. The van der Waals surface area contributed by atoms with Gasteiger partial charge >= 0.3 is 6.11 Å². The van der Waals surface area contributed by atoms with Crippen LogP contribution in [0.15, 0.2) is 48.6 Å². The first kappa shape index (κ1) is 32.0. The Labute approximate surface area is 252 Å². The smallest absolute Gasteiger partial charge is 0.400 e. The van der Waals surface area contributed by atoms with Crippen molar-refractivity contribution in [3.05, 3.63) is 76.9 Å². The lowest BCUT2D eigenvalue weighted by atomic mass is 9.68. The highest BCUT2D eigenvalue weighted by Gasteiger charge is 2.45. The van der Waals surface area contributed by atoms with Crippen LogP contribution in [-0.4, -0.2) is 6.11 Å². The molecular formula is C36H44F6O. The van der Waals surface area contributed by atoms with Gasteiger partial charge in [0, 0.05) is 6.07 Å². The molecule has 0 N–H and O–H groups in total. The lowest BCUT2D eigenvalue weighted by Crippen LogP contribution is -2.38. The monoisotopic (exact) mass is 606 g/mol. The largest absolute Gasteiger partial charge is 0.432 e. The third-order valence-electron chi connectivity index (χ3n) is 10.6. The minimum atomic E-state index is -3.42. The highest BCUT2D eigenvalue weighted by atomic mass is 19.3. The van der Waals surface area contributed by atoms with Crippen molar-refractivity contribution in [2.45, 2.75) is 115 Å². The van der Waals surface area contributed by atoms with Crippen molar-refractivity contribution in [2.24, 2.45) is 23.7 Å². The van der Waals surface area contributed by atoms with Gasteiger partial charge in [-0.2, -0.15) is 17.6 Å². The first-order valence-corrected chi connectivity index (χ1v) is 16.2. The molecule has 0 aromatic heterocycles. The number of alkyl halides is 2. The van der Waals surface area contributed by atoms with Crippen molar-refractivity contribution >= 4 is 0 Å². The summed E-state index contributed by atoms with van der Waals surface area (Å²) in [7, 11) is 0. The van der Waals surface area contributed by atoms with E-state index < -0.39 is 23.9 Å². The number of halogens is 6. The molecule has 3 saturated carbocycles. The minimum absolute atomic E-state index is 0.0373. The minimum Gasteiger partial charge on any atom is -0.432 e. The first-order valence-electron chi connectivity index (χ1n) is 16.2. The highest BCUT2D eigenvalue weighted by Crippen LogP contribution is 2.47. The van der Waals surface area contributed by atoms with Crippen molar-refractivity contribution in [1.29, 1.82) is 0 Å². The summed E-state index contributed by atoms with van der Waals surface area (Å²) in [5.41, 5.74) is 2.15. The van der Waals surface area contributed by atoms with Gasteiger partial charge in [-0.05, 0) is 142 Å². The molecule has 43 heavy (non-hydrogen) atoms. The normalized spacial score (nSPS) is 28.3. The van der Waals surface area contributed by atoms with Crippen LogP contribution in [0.3, 0.4) is 0 Å². The Bertz CT molecular complexity index is 1230. The Morgan fingerprint density at radius 3 is 2.00 bits per heavy atom. The quantitative estimate of drug-likeness (QED) is 0.258. The van der Waals surface area contributed by atoms with E-state index in [-0.39, 0.29) is 35.9 Å². The average molecular weight is 607 g/mol. The second-order valence-electron chi connectivity index (χ2n) is 13.4. The van der Waals surface area contributed by atoms with Crippen LogP contribution in [0.1, 0.15) is 119 Å². The molecule has 3 fully saturated rings. The van der Waals surface area contributed by atoms with Crippen LogP contribution in [-0.2, 0) is 6.42 Å². The van der Waals surface area contributed by atoms with Crippen LogP contribution in [0.4, 0.5) is 26.3 Å².